The molecule has 5 heteroatoms. The van der Waals surface area contributed by atoms with Crippen molar-refractivity contribution in [3.8, 4) is 0 Å². The monoisotopic (exact) mass is 185 g/mol. The highest BCUT2D eigenvalue weighted by Crippen LogP contribution is 2.30. The van der Waals surface area contributed by atoms with E-state index >= 15 is 0 Å². The lowest BCUT2D eigenvalue weighted by Crippen LogP contribution is -2.22. The van der Waals surface area contributed by atoms with Crippen molar-refractivity contribution in [2.45, 2.75) is 6.18 Å². The number of halogens is 3. The molecule has 0 amide bonds. The summed E-state index contributed by atoms with van der Waals surface area (Å²) in [6.45, 7) is 0. The summed E-state index contributed by atoms with van der Waals surface area (Å²) in [5.41, 5.74) is 2.83. The largest absolute Gasteiger partial charge is 0.435 e. The molecule has 0 fully saturated rings. The quantitative estimate of drug-likeness (QED) is 0.592. The standard InChI is InChI=1S/C8H4F3N2/c9-8(10,11)7-5-3-1-2-4-6(5)12-13-7/h1-4H. The maximum Gasteiger partial charge on any atom is 0.435 e. The third-order valence-corrected chi connectivity index (χ3v) is 1.69. The van der Waals surface area contributed by atoms with Crippen LogP contribution in [0.15, 0.2) is 29.4 Å². The molecule has 0 spiro atoms. The Bertz CT molecular complexity index is 368. The first-order valence-electron chi connectivity index (χ1n) is 3.54. The molecule has 1 heterocycles. The Hall–Kier alpha value is -1.52. The minimum absolute atomic E-state index is 0.0509. The van der Waals surface area contributed by atoms with Gasteiger partial charge in [0.05, 0.1) is 5.69 Å². The lowest BCUT2D eigenvalue weighted by molar-refractivity contribution is -0.0580. The molecule has 1 aliphatic heterocycles. The predicted octanol–water partition coefficient (Wildman–Crippen LogP) is 2.20. The molecule has 1 aromatic carbocycles. The Morgan fingerprint density at radius 1 is 1.08 bits per heavy atom. The fraction of sp³-hybridized carbons (Fsp3) is 0.125. The summed E-state index contributed by atoms with van der Waals surface area (Å²) < 4.78 is 36.7. The third-order valence-electron chi connectivity index (χ3n) is 1.69. The van der Waals surface area contributed by atoms with Gasteiger partial charge in [-0.15, -0.1) is 10.5 Å². The highest BCUT2D eigenvalue weighted by molar-refractivity contribution is 6.09. The van der Waals surface area contributed by atoms with Crippen LogP contribution < -0.4 is 5.43 Å². The molecule has 67 valence electrons. The van der Waals surface area contributed by atoms with E-state index in [9.17, 15) is 13.2 Å². The van der Waals surface area contributed by atoms with Gasteiger partial charge in [-0.1, -0.05) is 18.2 Å². The second kappa shape index (κ2) is 2.48. The SMILES string of the molecule is FC(F)(F)C1=N[N]c2ccccc21. The van der Waals surface area contributed by atoms with Gasteiger partial charge in [-0.25, -0.2) is 0 Å². The molecule has 0 bridgehead atoms. The van der Waals surface area contributed by atoms with Crippen molar-refractivity contribution < 1.29 is 13.2 Å². The van der Waals surface area contributed by atoms with Gasteiger partial charge in [0.25, 0.3) is 0 Å². The van der Waals surface area contributed by atoms with Gasteiger partial charge in [-0.2, -0.15) is 13.2 Å². The molecular weight excluding hydrogens is 181 g/mol. The summed E-state index contributed by atoms with van der Waals surface area (Å²) >= 11 is 0. The van der Waals surface area contributed by atoms with Crippen LogP contribution in [-0.4, -0.2) is 11.9 Å². The highest BCUT2D eigenvalue weighted by Gasteiger charge is 2.40. The van der Waals surface area contributed by atoms with Crippen molar-refractivity contribution in [3.05, 3.63) is 29.8 Å². The van der Waals surface area contributed by atoms with Crippen LogP contribution in [0.3, 0.4) is 0 Å². The Morgan fingerprint density at radius 2 is 1.77 bits per heavy atom. The van der Waals surface area contributed by atoms with Gasteiger partial charge in [0.2, 0.25) is 0 Å². The van der Waals surface area contributed by atoms with Gasteiger partial charge in [0, 0.05) is 5.56 Å². The van der Waals surface area contributed by atoms with Gasteiger partial charge < -0.3 is 0 Å². The van der Waals surface area contributed by atoms with Crippen molar-refractivity contribution in [3.63, 3.8) is 0 Å². The molecule has 0 N–H and O–H groups in total. The molecule has 13 heavy (non-hydrogen) atoms. The van der Waals surface area contributed by atoms with Crippen molar-refractivity contribution in [2.24, 2.45) is 5.10 Å². The first kappa shape index (κ1) is 8.10. The van der Waals surface area contributed by atoms with E-state index in [0.717, 1.165) is 0 Å². The molecule has 2 rings (SSSR count). The normalized spacial score (nSPS) is 14.8. The van der Waals surface area contributed by atoms with Crippen molar-refractivity contribution in [1.29, 1.82) is 0 Å². The molecular formula is C8H4F3N2. The molecule has 0 aromatic heterocycles. The van der Waals surface area contributed by atoms with Crippen LogP contribution in [-0.2, 0) is 0 Å². The second-order valence-corrected chi connectivity index (χ2v) is 2.56. The van der Waals surface area contributed by atoms with Crippen LogP contribution in [0.4, 0.5) is 18.9 Å². The van der Waals surface area contributed by atoms with E-state index in [4.69, 9.17) is 0 Å². The van der Waals surface area contributed by atoms with Crippen LogP contribution >= 0.6 is 0 Å². The maximum atomic E-state index is 12.2. The summed E-state index contributed by atoms with van der Waals surface area (Å²) in [5.74, 6) is 0. The highest BCUT2D eigenvalue weighted by atomic mass is 19.4. The number of rotatable bonds is 0. The number of hydrogen-bond donors (Lipinski definition) is 0. The first-order chi connectivity index (χ1) is 6.09. The zero-order valence-electron chi connectivity index (χ0n) is 6.34. The molecule has 0 saturated carbocycles. The van der Waals surface area contributed by atoms with Gasteiger partial charge in [0.15, 0.2) is 5.71 Å². The summed E-state index contributed by atoms with van der Waals surface area (Å²) in [6, 6.07) is 6.01. The average molecular weight is 185 g/mol. The topological polar surface area (TPSA) is 26.5 Å². The Kier molecular flexibility index (Phi) is 1.55. The number of benzene rings is 1. The van der Waals surface area contributed by atoms with Crippen molar-refractivity contribution in [2.75, 3.05) is 0 Å². The molecule has 1 radical (unpaired) electrons. The van der Waals surface area contributed by atoms with E-state index in [-0.39, 0.29) is 11.3 Å². The van der Waals surface area contributed by atoms with E-state index in [1.807, 2.05) is 0 Å². The summed E-state index contributed by atoms with van der Waals surface area (Å²) in [6.07, 6.45) is -4.42. The van der Waals surface area contributed by atoms with Crippen LogP contribution in [0, 0.1) is 0 Å². The molecule has 1 aliphatic rings. The van der Waals surface area contributed by atoms with Crippen molar-refractivity contribution in [1.82, 2.24) is 5.43 Å². The van der Waals surface area contributed by atoms with Crippen molar-refractivity contribution >= 4 is 11.4 Å². The number of fused-ring (bicyclic) bond motifs is 1. The van der Waals surface area contributed by atoms with Gasteiger partial charge >= 0.3 is 6.18 Å². The summed E-state index contributed by atoms with van der Waals surface area (Å²) in [5, 5.41) is 3.09. The Labute approximate surface area is 72.1 Å². The van der Waals surface area contributed by atoms with Crippen LogP contribution in [0.25, 0.3) is 0 Å². The molecule has 2 nitrogen and oxygen atoms in total. The minimum Gasteiger partial charge on any atom is -0.164 e. The summed E-state index contributed by atoms with van der Waals surface area (Å²) in [7, 11) is 0. The molecule has 0 atom stereocenters. The first-order valence-corrected chi connectivity index (χ1v) is 3.54. The Morgan fingerprint density at radius 3 is 2.46 bits per heavy atom. The minimum atomic E-state index is -4.42. The van der Waals surface area contributed by atoms with E-state index in [0.29, 0.717) is 0 Å². The number of nitrogens with zero attached hydrogens (tertiary/aromatic N) is 2. The van der Waals surface area contributed by atoms with E-state index in [1.54, 1.807) is 6.07 Å². The zero-order chi connectivity index (χ0) is 9.47. The molecule has 0 saturated heterocycles. The number of hydrogen-bond acceptors (Lipinski definition) is 1. The lowest BCUT2D eigenvalue weighted by Gasteiger charge is -2.04. The average Bonchev–Trinajstić information content (AvgIpc) is 2.45. The Balaban J connectivity index is 2.48. The molecule has 1 aromatic rings. The molecule has 0 aliphatic carbocycles. The van der Waals surface area contributed by atoms with Crippen LogP contribution in [0.5, 0.6) is 0 Å². The maximum absolute atomic E-state index is 12.2. The fourth-order valence-electron chi connectivity index (χ4n) is 1.13. The van der Waals surface area contributed by atoms with E-state index < -0.39 is 11.9 Å². The van der Waals surface area contributed by atoms with Gasteiger partial charge in [0.1, 0.15) is 0 Å². The van der Waals surface area contributed by atoms with Gasteiger partial charge in [-0.05, 0) is 6.07 Å². The van der Waals surface area contributed by atoms with Crippen LogP contribution in [0.1, 0.15) is 5.56 Å². The van der Waals surface area contributed by atoms with E-state index in [2.05, 4.69) is 10.5 Å². The summed E-state index contributed by atoms with van der Waals surface area (Å²) in [4.78, 5) is 0. The predicted molar refractivity (Wildman–Crippen MR) is 40.8 cm³/mol. The number of alkyl halides is 3. The lowest BCUT2D eigenvalue weighted by atomic mass is 10.1. The van der Waals surface area contributed by atoms with E-state index in [1.165, 1.54) is 18.2 Å². The van der Waals surface area contributed by atoms with Gasteiger partial charge in [-0.3, -0.25) is 0 Å². The second-order valence-electron chi connectivity index (χ2n) is 2.56. The van der Waals surface area contributed by atoms with Crippen LogP contribution in [0.2, 0.25) is 0 Å². The fourth-order valence-corrected chi connectivity index (χ4v) is 1.13. The zero-order valence-corrected chi connectivity index (χ0v) is 6.34. The smallest absolute Gasteiger partial charge is 0.164 e. The molecule has 0 unspecified atom stereocenters. The third kappa shape index (κ3) is 1.26.